The maximum absolute atomic E-state index is 5.88. The molecular formula is C11H23N3. The van der Waals surface area contributed by atoms with Crippen molar-refractivity contribution < 1.29 is 0 Å². The maximum Gasteiger partial charge on any atom is 0.0193 e. The van der Waals surface area contributed by atoms with E-state index in [1.807, 2.05) is 0 Å². The van der Waals surface area contributed by atoms with Gasteiger partial charge in [0.1, 0.15) is 0 Å². The normalized spacial score (nSPS) is 38.8. The maximum atomic E-state index is 5.88. The van der Waals surface area contributed by atoms with Crippen LogP contribution in [0.1, 0.15) is 38.5 Å². The quantitative estimate of drug-likeness (QED) is 0.621. The molecule has 0 aromatic heterocycles. The van der Waals surface area contributed by atoms with Gasteiger partial charge in [-0.25, -0.2) is 0 Å². The molecule has 0 unspecified atom stereocenters. The van der Waals surface area contributed by atoms with Crippen LogP contribution in [0.15, 0.2) is 0 Å². The Morgan fingerprint density at radius 2 is 1.93 bits per heavy atom. The summed E-state index contributed by atoms with van der Waals surface area (Å²) in [5.74, 6) is 0. The van der Waals surface area contributed by atoms with E-state index < -0.39 is 0 Å². The topological polar surface area (TPSA) is 50.1 Å². The third-order valence-electron chi connectivity index (χ3n) is 3.59. The summed E-state index contributed by atoms with van der Waals surface area (Å²) in [6, 6.07) is 1.93. The van der Waals surface area contributed by atoms with Gasteiger partial charge in [-0.05, 0) is 45.1 Å². The summed E-state index contributed by atoms with van der Waals surface area (Å²) in [4.78, 5) is 0. The van der Waals surface area contributed by atoms with Crippen LogP contribution >= 0.6 is 0 Å². The zero-order valence-electron chi connectivity index (χ0n) is 8.97. The van der Waals surface area contributed by atoms with Crippen LogP contribution in [0.4, 0.5) is 0 Å². The summed E-state index contributed by atoms with van der Waals surface area (Å²) in [6.07, 6.45) is 7.65. The highest BCUT2D eigenvalue weighted by atomic mass is 15.0. The van der Waals surface area contributed by atoms with E-state index in [0.717, 1.165) is 18.6 Å². The molecule has 1 heterocycles. The SMILES string of the molecule is NC1CCC(NC[C@@H]2CCCN2)CC1. The molecule has 0 bridgehead atoms. The van der Waals surface area contributed by atoms with E-state index in [2.05, 4.69) is 10.6 Å². The average Bonchev–Trinajstić information content (AvgIpc) is 2.70. The fourth-order valence-corrected chi connectivity index (χ4v) is 2.56. The monoisotopic (exact) mass is 197 g/mol. The molecule has 0 radical (unpaired) electrons. The van der Waals surface area contributed by atoms with Gasteiger partial charge in [0.15, 0.2) is 0 Å². The molecule has 2 rings (SSSR count). The molecule has 14 heavy (non-hydrogen) atoms. The van der Waals surface area contributed by atoms with E-state index in [1.165, 1.54) is 45.1 Å². The molecule has 1 aliphatic carbocycles. The van der Waals surface area contributed by atoms with Crippen molar-refractivity contribution in [1.29, 1.82) is 0 Å². The first-order chi connectivity index (χ1) is 6.84. The lowest BCUT2D eigenvalue weighted by Crippen LogP contribution is -2.42. The Kier molecular flexibility index (Phi) is 3.79. The zero-order chi connectivity index (χ0) is 9.80. The third kappa shape index (κ3) is 2.94. The molecule has 0 amide bonds. The van der Waals surface area contributed by atoms with Crippen LogP contribution in [0, 0.1) is 0 Å². The summed E-state index contributed by atoms with van der Waals surface area (Å²) >= 11 is 0. The van der Waals surface area contributed by atoms with E-state index in [0.29, 0.717) is 6.04 Å². The van der Waals surface area contributed by atoms with Gasteiger partial charge >= 0.3 is 0 Å². The van der Waals surface area contributed by atoms with E-state index in [-0.39, 0.29) is 0 Å². The number of nitrogens with one attached hydrogen (secondary N) is 2. The second kappa shape index (κ2) is 5.10. The van der Waals surface area contributed by atoms with Crippen LogP contribution < -0.4 is 16.4 Å². The molecule has 3 heteroatoms. The van der Waals surface area contributed by atoms with E-state index in [9.17, 15) is 0 Å². The van der Waals surface area contributed by atoms with Crippen molar-refractivity contribution in [3.8, 4) is 0 Å². The molecule has 0 spiro atoms. The summed E-state index contributed by atoms with van der Waals surface area (Å²) in [5.41, 5.74) is 5.88. The second-order valence-corrected chi connectivity index (χ2v) is 4.81. The first kappa shape index (κ1) is 10.4. The van der Waals surface area contributed by atoms with Gasteiger partial charge in [0.2, 0.25) is 0 Å². The summed E-state index contributed by atoms with van der Waals surface area (Å²) in [7, 11) is 0. The smallest absolute Gasteiger partial charge is 0.0193 e. The van der Waals surface area contributed by atoms with Gasteiger partial charge in [0.25, 0.3) is 0 Å². The largest absolute Gasteiger partial charge is 0.328 e. The molecule has 82 valence electrons. The molecule has 4 N–H and O–H groups in total. The number of hydrogen-bond donors (Lipinski definition) is 3. The van der Waals surface area contributed by atoms with Gasteiger partial charge in [-0.3, -0.25) is 0 Å². The first-order valence-corrected chi connectivity index (χ1v) is 6.07. The molecular weight excluding hydrogens is 174 g/mol. The van der Waals surface area contributed by atoms with Gasteiger partial charge in [0, 0.05) is 24.7 Å². The van der Waals surface area contributed by atoms with Crippen LogP contribution in [0.2, 0.25) is 0 Å². The van der Waals surface area contributed by atoms with Crippen molar-refractivity contribution in [3.05, 3.63) is 0 Å². The van der Waals surface area contributed by atoms with Crippen molar-refractivity contribution in [3.63, 3.8) is 0 Å². The summed E-state index contributed by atoms with van der Waals surface area (Å²) < 4.78 is 0. The Labute approximate surface area is 86.8 Å². The predicted octanol–water partition coefficient (Wildman–Crippen LogP) is 0.598. The number of rotatable bonds is 3. The van der Waals surface area contributed by atoms with Crippen LogP contribution in [-0.2, 0) is 0 Å². The van der Waals surface area contributed by atoms with Crippen LogP contribution in [0.3, 0.4) is 0 Å². The Morgan fingerprint density at radius 3 is 2.57 bits per heavy atom. The van der Waals surface area contributed by atoms with Crippen LogP contribution in [0.5, 0.6) is 0 Å². The molecule has 1 aliphatic heterocycles. The van der Waals surface area contributed by atoms with Crippen molar-refractivity contribution in [1.82, 2.24) is 10.6 Å². The fraction of sp³-hybridized carbons (Fsp3) is 1.00. The molecule has 0 aromatic carbocycles. The lowest BCUT2D eigenvalue weighted by atomic mass is 9.92. The average molecular weight is 197 g/mol. The van der Waals surface area contributed by atoms with Crippen LogP contribution in [-0.4, -0.2) is 31.2 Å². The van der Waals surface area contributed by atoms with Gasteiger partial charge in [-0.2, -0.15) is 0 Å². The lowest BCUT2D eigenvalue weighted by molar-refractivity contribution is 0.333. The standard InChI is InChI=1S/C11H23N3/c12-9-3-5-10(6-4-9)14-8-11-2-1-7-13-11/h9-11,13-14H,1-8,12H2/t9?,10?,11-/m0/s1. The molecule has 2 aliphatic rings. The van der Waals surface area contributed by atoms with Crippen molar-refractivity contribution >= 4 is 0 Å². The van der Waals surface area contributed by atoms with E-state index in [1.54, 1.807) is 0 Å². The van der Waals surface area contributed by atoms with Gasteiger partial charge in [0.05, 0.1) is 0 Å². The highest BCUT2D eigenvalue weighted by molar-refractivity contribution is 4.82. The lowest BCUT2D eigenvalue weighted by Gasteiger charge is -2.28. The number of nitrogens with two attached hydrogens (primary N) is 1. The zero-order valence-corrected chi connectivity index (χ0v) is 8.97. The third-order valence-corrected chi connectivity index (χ3v) is 3.59. The minimum absolute atomic E-state index is 0.470. The first-order valence-electron chi connectivity index (χ1n) is 6.07. The fourth-order valence-electron chi connectivity index (χ4n) is 2.56. The molecule has 1 saturated carbocycles. The Morgan fingerprint density at radius 1 is 1.14 bits per heavy atom. The van der Waals surface area contributed by atoms with Gasteiger partial charge < -0.3 is 16.4 Å². The van der Waals surface area contributed by atoms with E-state index in [4.69, 9.17) is 5.73 Å². The highest BCUT2D eigenvalue weighted by Crippen LogP contribution is 2.17. The summed E-state index contributed by atoms with van der Waals surface area (Å²) in [6.45, 7) is 2.36. The predicted molar refractivity (Wildman–Crippen MR) is 59.3 cm³/mol. The van der Waals surface area contributed by atoms with Crippen molar-refractivity contribution in [2.75, 3.05) is 13.1 Å². The molecule has 2 fully saturated rings. The Bertz CT molecular complexity index is 158. The van der Waals surface area contributed by atoms with Crippen LogP contribution in [0.25, 0.3) is 0 Å². The molecule has 0 aromatic rings. The molecule has 1 atom stereocenters. The van der Waals surface area contributed by atoms with Crippen molar-refractivity contribution in [2.24, 2.45) is 5.73 Å². The minimum Gasteiger partial charge on any atom is -0.328 e. The van der Waals surface area contributed by atoms with E-state index >= 15 is 0 Å². The molecule has 3 nitrogen and oxygen atoms in total. The Hall–Kier alpha value is -0.120. The van der Waals surface area contributed by atoms with Gasteiger partial charge in [-0.15, -0.1) is 0 Å². The van der Waals surface area contributed by atoms with Gasteiger partial charge in [-0.1, -0.05) is 0 Å². The minimum atomic E-state index is 0.470. The summed E-state index contributed by atoms with van der Waals surface area (Å²) in [5, 5.41) is 7.18. The van der Waals surface area contributed by atoms with Crippen molar-refractivity contribution in [2.45, 2.75) is 56.7 Å². The second-order valence-electron chi connectivity index (χ2n) is 4.81. The number of hydrogen-bond acceptors (Lipinski definition) is 3. The Balaban J connectivity index is 1.60. The molecule has 1 saturated heterocycles. The highest BCUT2D eigenvalue weighted by Gasteiger charge is 2.20.